The minimum Gasteiger partial charge on any atom is -0.367 e. The van der Waals surface area contributed by atoms with Gasteiger partial charge in [-0.25, -0.2) is 9.97 Å². The van der Waals surface area contributed by atoms with Gasteiger partial charge >= 0.3 is 0 Å². The molecule has 25 heavy (non-hydrogen) atoms. The van der Waals surface area contributed by atoms with Crippen molar-refractivity contribution in [3.63, 3.8) is 0 Å². The van der Waals surface area contributed by atoms with Crippen LogP contribution in [0.25, 0.3) is 0 Å². The first-order valence-corrected chi connectivity index (χ1v) is 9.40. The average molecular weight is 346 g/mol. The van der Waals surface area contributed by atoms with E-state index >= 15 is 0 Å². The number of fused-ring (bicyclic) bond motifs is 3. The van der Waals surface area contributed by atoms with Crippen molar-refractivity contribution in [1.29, 1.82) is 0 Å². The first-order chi connectivity index (χ1) is 12.4. The van der Waals surface area contributed by atoms with Gasteiger partial charge in [-0.15, -0.1) is 0 Å². The molecule has 2 aliphatic heterocycles. The van der Waals surface area contributed by atoms with Crippen LogP contribution in [0.5, 0.6) is 0 Å². The van der Waals surface area contributed by atoms with Gasteiger partial charge in [0.2, 0.25) is 0 Å². The molecule has 0 fully saturated rings. The number of aromatic nitrogens is 2. The molecule has 2 aliphatic rings. The summed E-state index contributed by atoms with van der Waals surface area (Å²) in [4.78, 5) is 12.5. The molecular formula is C20H18N4S. The molecule has 0 radical (unpaired) electrons. The Morgan fingerprint density at radius 3 is 3.00 bits per heavy atom. The Morgan fingerprint density at radius 2 is 2.00 bits per heavy atom. The highest BCUT2D eigenvalue weighted by atomic mass is 32.2. The number of benzene rings is 2. The van der Waals surface area contributed by atoms with Crippen molar-refractivity contribution in [2.45, 2.75) is 29.3 Å². The van der Waals surface area contributed by atoms with Gasteiger partial charge in [-0.3, -0.25) is 0 Å². The second kappa shape index (κ2) is 6.08. The molecule has 5 rings (SSSR count). The van der Waals surface area contributed by atoms with E-state index in [0.717, 1.165) is 29.6 Å². The Morgan fingerprint density at radius 1 is 1.08 bits per heavy atom. The summed E-state index contributed by atoms with van der Waals surface area (Å²) in [5, 5.41) is 4.36. The van der Waals surface area contributed by atoms with Gasteiger partial charge in [0.25, 0.3) is 0 Å². The minimum atomic E-state index is 0.848. The smallest absolute Gasteiger partial charge is 0.163 e. The molecule has 1 N–H and O–H groups in total. The van der Waals surface area contributed by atoms with Crippen LogP contribution in [0.2, 0.25) is 0 Å². The molecular weight excluding hydrogens is 328 g/mol. The minimum absolute atomic E-state index is 0.848. The molecule has 0 aliphatic carbocycles. The summed E-state index contributed by atoms with van der Waals surface area (Å²) in [6.07, 6.45) is 5.87. The molecule has 1 aromatic heterocycles. The lowest BCUT2D eigenvalue weighted by atomic mass is 10.0. The second-order valence-electron chi connectivity index (χ2n) is 6.42. The van der Waals surface area contributed by atoms with Crippen LogP contribution in [0.1, 0.15) is 17.5 Å². The Kier molecular flexibility index (Phi) is 3.59. The van der Waals surface area contributed by atoms with Crippen molar-refractivity contribution < 1.29 is 0 Å². The van der Waals surface area contributed by atoms with Crippen molar-refractivity contribution in [1.82, 2.24) is 9.97 Å². The predicted molar refractivity (Wildman–Crippen MR) is 102 cm³/mol. The normalized spacial score (nSPS) is 15.0. The van der Waals surface area contributed by atoms with Crippen molar-refractivity contribution in [2.75, 3.05) is 16.8 Å². The number of anilines is 3. The third-order valence-electron chi connectivity index (χ3n) is 4.75. The van der Waals surface area contributed by atoms with Crippen molar-refractivity contribution in [3.8, 4) is 0 Å². The van der Waals surface area contributed by atoms with Crippen LogP contribution < -0.4 is 10.2 Å². The topological polar surface area (TPSA) is 41.0 Å². The summed E-state index contributed by atoms with van der Waals surface area (Å²) in [6, 6.07) is 15.4. The molecule has 3 heterocycles. The van der Waals surface area contributed by atoms with Crippen LogP contribution >= 0.6 is 11.8 Å². The number of para-hydroxylation sites is 1. The maximum Gasteiger partial charge on any atom is 0.163 e. The van der Waals surface area contributed by atoms with Gasteiger partial charge in [0, 0.05) is 36.1 Å². The van der Waals surface area contributed by atoms with Crippen LogP contribution in [-0.4, -0.2) is 16.5 Å². The summed E-state index contributed by atoms with van der Waals surface area (Å²) >= 11 is 1.68. The van der Waals surface area contributed by atoms with Crippen LogP contribution in [0.3, 0.4) is 0 Å². The molecule has 0 amide bonds. The zero-order valence-corrected chi connectivity index (χ0v) is 14.6. The summed E-state index contributed by atoms with van der Waals surface area (Å²) < 4.78 is 0. The molecule has 124 valence electrons. The summed E-state index contributed by atoms with van der Waals surface area (Å²) in [5.41, 5.74) is 5.28. The summed E-state index contributed by atoms with van der Waals surface area (Å²) in [6.45, 7) is 2.05. The molecule has 0 unspecified atom stereocenters. The highest BCUT2D eigenvalue weighted by Gasteiger charge is 2.20. The number of hydrogen-bond acceptors (Lipinski definition) is 5. The van der Waals surface area contributed by atoms with Crippen LogP contribution in [0, 0.1) is 0 Å². The Balaban J connectivity index is 1.42. The van der Waals surface area contributed by atoms with Crippen molar-refractivity contribution in [3.05, 3.63) is 66.0 Å². The van der Waals surface area contributed by atoms with Crippen molar-refractivity contribution >= 4 is 29.0 Å². The van der Waals surface area contributed by atoms with Gasteiger partial charge in [0.05, 0.1) is 5.69 Å². The fraction of sp³-hybridized carbons (Fsp3) is 0.200. The van der Waals surface area contributed by atoms with E-state index in [1.54, 1.807) is 24.2 Å². The number of rotatable bonds is 2. The third-order valence-corrected chi connectivity index (χ3v) is 5.82. The molecule has 0 atom stereocenters. The van der Waals surface area contributed by atoms with Gasteiger partial charge in [-0.2, -0.15) is 0 Å². The molecule has 0 spiro atoms. The SMILES string of the molecule is c1ccc2c(c1)CCCN2Cc1ccc2c(c1)Nc1nccnc1S2. The number of hydrogen-bond donors (Lipinski definition) is 1. The van der Waals surface area contributed by atoms with E-state index in [1.807, 2.05) is 0 Å². The van der Waals surface area contributed by atoms with Crippen molar-refractivity contribution in [2.24, 2.45) is 0 Å². The zero-order valence-electron chi connectivity index (χ0n) is 13.8. The highest BCUT2D eigenvalue weighted by molar-refractivity contribution is 7.99. The van der Waals surface area contributed by atoms with E-state index in [-0.39, 0.29) is 0 Å². The van der Waals surface area contributed by atoms with Gasteiger partial charge < -0.3 is 10.2 Å². The quantitative estimate of drug-likeness (QED) is 0.573. The largest absolute Gasteiger partial charge is 0.367 e. The lowest BCUT2D eigenvalue weighted by Gasteiger charge is -2.31. The van der Waals surface area contributed by atoms with Gasteiger partial charge in [-0.1, -0.05) is 36.0 Å². The van der Waals surface area contributed by atoms with Gasteiger partial charge in [0.15, 0.2) is 5.82 Å². The lowest BCUT2D eigenvalue weighted by molar-refractivity contribution is 0.691. The molecule has 2 aromatic carbocycles. The molecule has 4 nitrogen and oxygen atoms in total. The Bertz CT molecular complexity index is 940. The number of aryl methyl sites for hydroxylation is 1. The lowest BCUT2D eigenvalue weighted by Crippen LogP contribution is -2.28. The van der Waals surface area contributed by atoms with E-state index < -0.39 is 0 Å². The summed E-state index contributed by atoms with van der Waals surface area (Å²) in [7, 11) is 0. The Labute approximate surface area is 151 Å². The first-order valence-electron chi connectivity index (χ1n) is 8.58. The third kappa shape index (κ3) is 2.74. The monoisotopic (exact) mass is 346 g/mol. The fourth-order valence-electron chi connectivity index (χ4n) is 3.58. The van der Waals surface area contributed by atoms with Crippen LogP contribution in [-0.2, 0) is 13.0 Å². The van der Waals surface area contributed by atoms with Crippen LogP contribution in [0.4, 0.5) is 17.2 Å². The molecule has 0 saturated heterocycles. The number of nitrogens with zero attached hydrogens (tertiary/aromatic N) is 3. The maximum atomic E-state index is 4.39. The van der Waals surface area contributed by atoms with E-state index in [1.165, 1.54) is 34.6 Å². The van der Waals surface area contributed by atoms with Gasteiger partial charge in [-0.05, 0) is 42.2 Å². The zero-order chi connectivity index (χ0) is 16.6. The van der Waals surface area contributed by atoms with Gasteiger partial charge in [0.1, 0.15) is 5.03 Å². The standard InChI is InChI=1S/C20H18N4S/c1-2-6-17-15(4-1)5-3-11-24(17)13-14-7-8-18-16(12-14)23-19-20(25-18)22-10-9-21-19/h1-2,4,6-10,12H,3,5,11,13H2,(H,21,23). The van der Waals surface area contributed by atoms with E-state index in [9.17, 15) is 0 Å². The Hall–Kier alpha value is -2.53. The number of nitrogens with one attached hydrogen (secondary N) is 1. The predicted octanol–water partition coefficient (Wildman–Crippen LogP) is 4.64. The van der Waals surface area contributed by atoms with E-state index in [4.69, 9.17) is 0 Å². The highest BCUT2D eigenvalue weighted by Crippen LogP contribution is 2.42. The maximum absolute atomic E-state index is 4.39. The van der Waals surface area contributed by atoms with E-state index in [0.29, 0.717) is 0 Å². The molecule has 3 aromatic rings. The summed E-state index contributed by atoms with van der Waals surface area (Å²) in [5.74, 6) is 0.848. The fourth-order valence-corrected chi connectivity index (χ4v) is 4.45. The van der Waals surface area contributed by atoms with Crippen LogP contribution in [0.15, 0.2) is 64.8 Å². The van der Waals surface area contributed by atoms with E-state index in [2.05, 4.69) is 62.6 Å². The first kappa shape index (κ1) is 14.8. The average Bonchev–Trinajstić information content (AvgIpc) is 2.67. The molecule has 0 saturated carbocycles. The molecule has 5 heteroatoms. The second-order valence-corrected chi connectivity index (χ2v) is 7.45. The molecule has 0 bridgehead atoms.